The molecule has 1 heterocycles. The highest BCUT2D eigenvalue weighted by molar-refractivity contribution is 6.36. The van der Waals surface area contributed by atoms with Crippen molar-refractivity contribution in [2.75, 3.05) is 25.0 Å². The first-order valence-corrected chi connectivity index (χ1v) is 11.2. The number of hydrogen-bond donors (Lipinski definition) is 1. The number of amides is 3. The number of benzene rings is 1. The predicted octanol–water partition coefficient (Wildman–Crippen LogP) is 5.51. The number of carbonyl (C=O) groups is 2. The number of halogens is 2. The summed E-state index contributed by atoms with van der Waals surface area (Å²) in [5.41, 5.74) is 1.50. The van der Waals surface area contributed by atoms with Crippen molar-refractivity contribution < 1.29 is 9.59 Å². The van der Waals surface area contributed by atoms with Crippen molar-refractivity contribution in [3.8, 4) is 0 Å². The van der Waals surface area contributed by atoms with Gasteiger partial charge in [-0.15, -0.1) is 0 Å². The molecule has 0 aliphatic heterocycles. The fourth-order valence-electron chi connectivity index (χ4n) is 3.26. The molecule has 3 amide bonds. The molecule has 1 N–H and O–H groups in total. The first kappa shape index (κ1) is 25.1. The number of urea groups is 1. The van der Waals surface area contributed by atoms with Gasteiger partial charge in [-0.1, -0.05) is 50.9 Å². The summed E-state index contributed by atoms with van der Waals surface area (Å²) < 4.78 is 2.00. The van der Waals surface area contributed by atoms with Gasteiger partial charge in [0.2, 0.25) is 5.91 Å². The lowest BCUT2D eigenvalue weighted by atomic mass is 10.2. The molecule has 170 valence electrons. The first-order valence-electron chi connectivity index (χ1n) is 10.5. The van der Waals surface area contributed by atoms with Crippen LogP contribution >= 0.6 is 23.2 Å². The van der Waals surface area contributed by atoms with Crippen molar-refractivity contribution in [1.29, 1.82) is 0 Å². The second-order valence-corrected chi connectivity index (χ2v) is 9.45. The van der Waals surface area contributed by atoms with Gasteiger partial charge in [0.25, 0.3) is 0 Å². The molecule has 31 heavy (non-hydrogen) atoms. The Hall–Kier alpha value is -2.18. The fraction of sp³-hybridized carbons (Fsp3) is 0.478. The van der Waals surface area contributed by atoms with Gasteiger partial charge in [0.15, 0.2) is 0 Å². The average Bonchev–Trinajstić information content (AvgIpc) is 3.06. The summed E-state index contributed by atoms with van der Waals surface area (Å²) in [5, 5.41) is 3.64. The van der Waals surface area contributed by atoms with Crippen molar-refractivity contribution in [3.63, 3.8) is 0 Å². The Morgan fingerprint density at radius 2 is 1.68 bits per heavy atom. The lowest BCUT2D eigenvalue weighted by Gasteiger charge is -2.30. The van der Waals surface area contributed by atoms with E-state index in [4.69, 9.17) is 23.2 Å². The largest absolute Gasteiger partial charge is 0.353 e. The molecule has 2 aromatic rings. The number of anilines is 1. The van der Waals surface area contributed by atoms with E-state index in [1.165, 1.54) is 4.90 Å². The lowest BCUT2D eigenvalue weighted by molar-refractivity contribution is -0.133. The van der Waals surface area contributed by atoms with Crippen LogP contribution in [0.4, 0.5) is 10.5 Å². The van der Waals surface area contributed by atoms with Gasteiger partial charge in [-0.05, 0) is 42.2 Å². The molecule has 0 atom stereocenters. The Bertz CT molecular complexity index is 895. The molecule has 0 saturated heterocycles. The van der Waals surface area contributed by atoms with Gasteiger partial charge in [-0.25, -0.2) is 4.79 Å². The number of aryl methyl sites for hydroxylation is 1. The summed E-state index contributed by atoms with van der Waals surface area (Å²) in [6, 6.07) is 8.48. The highest BCUT2D eigenvalue weighted by Gasteiger charge is 2.24. The van der Waals surface area contributed by atoms with E-state index in [0.29, 0.717) is 41.3 Å². The molecule has 0 unspecified atom stereocenters. The van der Waals surface area contributed by atoms with Gasteiger partial charge in [0.05, 0.1) is 17.3 Å². The Morgan fingerprint density at radius 1 is 1.03 bits per heavy atom. The van der Waals surface area contributed by atoms with Crippen molar-refractivity contribution in [2.24, 2.45) is 18.9 Å². The van der Waals surface area contributed by atoms with E-state index in [-0.39, 0.29) is 24.4 Å². The molecule has 0 aliphatic rings. The maximum atomic E-state index is 13.2. The van der Waals surface area contributed by atoms with E-state index >= 15 is 0 Å². The number of hydrogen-bond acceptors (Lipinski definition) is 2. The van der Waals surface area contributed by atoms with Crippen LogP contribution in [0, 0.1) is 11.8 Å². The normalized spacial score (nSPS) is 11.1. The van der Waals surface area contributed by atoms with Crippen LogP contribution in [-0.2, 0) is 18.4 Å². The van der Waals surface area contributed by atoms with Crippen molar-refractivity contribution in [3.05, 3.63) is 52.3 Å². The van der Waals surface area contributed by atoms with Crippen LogP contribution in [0.3, 0.4) is 0 Å². The molecule has 0 bridgehead atoms. The second kappa shape index (κ2) is 11.4. The molecule has 0 saturated carbocycles. The van der Waals surface area contributed by atoms with Crippen molar-refractivity contribution >= 4 is 40.8 Å². The quantitative estimate of drug-likeness (QED) is 0.529. The monoisotopic (exact) mass is 466 g/mol. The third-order valence-electron chi connectivity index (χ3n) is 4.71. The van der Waals surface area contributed by atoms with Crippen LogP contribution in [0.5, 0.6) is 0 Å². The molecule has 2 rings (SSSR count). The van der Waals surface area contributed by atoms with Crippen LogP contribution < -0.4 is 5.32 Å². The van der Waals surface area contributed by atoms with Crippen LogP contribution in [0.2, 0.25) is 10.0 Å². The highest BCUT2D eigenvalue weighted by atomic mass is 35.5. The van der Waals surface area contributed by atoms with Gasteiger partial charge >= 0.3 is 6.03 Å². The van der Waals surface area contributed by atoms with Crippen LogP contribution in [0.1, 0.15) is 33.4 Å². The Balaban J connectivity index is 2.16. The van der Waals surface area contributed by atoms with Crippen LogP contribution in [0.15, 0.2) is 36.5 Å². The molecule has 0 aliphatic carbocycles. The number of aromatic nitrogens is 1. The zero-order valence-electron chi connectivity index (χ0n) is 18.9. The maximum Gasteiger partial charge on any atom is 0.322 e. The smallest absolute Gasteiger partial charge is 0.322 e. The van der Waals surface area contributed by atoms with Crippen molar-refractivity contribution in [2.45, 2.75) is 34.2 Å². The number of nitrogens with one attached hydrogen (secondary N) is 1. The van der Waals surface area contributed by atoms with Gasteiger partial charge in [0.1, 0.15) is 6.54 Å². The summed E-state index contributed by atoms with van der Waals surface area (Å²) in [6.45, 7) is 9.73. The number of carbonyl (C=O) groups excluding carboxylic acids is 2. The molecule has 0 radical (unpaired) electrons. The summed E-state index contributed by atoms with van der Waals surface area (Å²) in [4.78, 5) is 29.6. The molecule has 8 heteroatoms. The predicted molar refractivity (Wildman–Crippen MR) is 128 cm³/mol. The molecule has 1 aromatic carbocycles. The molecular formula is C23H32Cl2N4O2. The summed E-state index contributed by atoms with van der Waals surface area (Å²) in [5.74, 6) is 0.419. The zero-order valence-corrected chi connectivity index (χ0v) is 20.4. The molecule has 0 fully saturated rings. The van der Waals surface area contributed by atoms with E-state index in [2.05, 4.69) is 19.2 Å². The first-order chi connectivity index (χ1) is 14.6. The van der Waals surface area contributed by atoms with Crippen molar-refractivity contribution in [1.82, 2.24) is 14.4 Å². The molecule has 6 nitrogen and oxygen atoms in total. The molecule has 0 spiro atoms. The van der Waals surface area contributed by atoms with E-state index in [0.717, 1.165) is 5.69 Å². The average molecular weight is 467 g/mol. The van der Waals surface area contributed by atoms with E-state index in [9.17, 15) is 9.59 Å². The van der Waals surface area contributed by atoms with E-state index in [1.807, 2.05) is 48.7 Å². The minimum Gasteiger partial charge on any atom is -0.353 e. The third kappa shape index (κ3) is 7.78. The topological polar surface area (TPSA) is 57.6 Å². The second-order valence-electron chi connectivity index (χ2n) is 8.61. The summed E-state index contributed by atoms with van der Waals surface area (Å²) in [6.07, 6.45) is 1.96. The summed E-state index contributed by atoms with van der Waals surface area (Å²) >= 11 is 12.1. The van der Waals surface area contributed by atoms with E-state index in [1.54, 1.807) is 18.2 Å². The third-order valence-corrected chi connectivity index (χ3v) is 5.26. The fourth-order valence-corrected chi connectivity index (χ4v) is 3.72. The Labute approximate surface area is 195 Å². The number of nitrogens with zero attached hydrogens (tertiary/aromatic N) is 3. The Kier molecular flexibility index (Phi) is 9.26. The minimum atomic E-state index is -0.366. The van der Waals surface area contributed by atoms with Crippen LogP contribution in [0.25, 0.3) is 0 Å². The zero-order chi connectivity index (χ0) is 23.1. The number of rotatable bonds is 9. The lowest BCUT2D eigenvalue weighted by Crippen LogP contribution is -2.46. The van der Waals surface area contributed by atoms with Gasteiger partial charge < -0.3 is 19.7 Å². The molecule has 1 aromatic heterocycles. The van der Waals surface area contributed by atoms with Crippen LogP contribution in [-0.4, -0.2) is 45.9 Å². The van der Waals surface area contributed by atoms with Gasteiger partial charge in [-0.2, -0.15) is 0 Å². The van der Waals surface area contributed by atoms with Gasteiger partial charge in [-0.3, -0.25) is 4.79 Å². The standard InChI is InChI=1S/C23H32Cl2N4O2/c1-16(2)12-28(14-19-7-6-10-27(19)5)22(30)15-29(13-17(3)4)23(31)26-21-9-8-18(24)11-20(21)25/h6-11,16-17H,12-15H2,1-5H3,(H,26,31). The summed E-state index contributed by atoms with van der Waals surface area (Å²) in [7, 11) is 1.96. The maximum absolute atomic E-state index is 13.2. The highest BCUT2D eigenvalue weighted by Crippen LogP contribution is 2.25. The SMILES string of the molecule is CC(C)CN(Cc1cccn1C)C(=O)CN(CC(C)C)C(=O)Nc1ccc(Cl)cc1Cl. The van der Waals surface area contributed by atoms with E-state index < -0.39 is 0 Å². The molecular weight excluding hydrogens is 435 g/mol. The Morgan fingerprint density at radius 3 is 2.23 bits per heavy atom. The minimum absolute atomic E-state index is 0.00757. The van der Waals surface area contributed by atoms with Gasteiger partial charge in [0, 0.05) is 37.1 Å².